The molecule has 0 bridgehead atoms. The number of terminal acetylenes is 1. The molecule has 1 saturated heterocycles. The Hall–Kier alpha value is 0.210. The first kappa shape index (κ1) is 16.6. The molecule has 0 spiro atoms. The molecule has 4 nitrogen and oxygen atoms in total. The first-order valence-electron chi connectivity index (χ1n) is 6.14. The number of halogens is 2. The van der Waals surface area contributed by atoms with Crippen molar-refractivity contribution in [2.45, 2.75) is 26.8 Å². The Kier molecular flexibility index (Phi) is 6.19. The molecule has 0 aromatic rings. The molecule has 2 rings (SSSR count). The van der Waals surface area contributed by atoms with Crippen molar-refractivity contribution in [3.8, 4) is 12.3 Å². The largest absolute Gasteiger partial charge is 0.364 e. The number of carbonyl (C=O) groups is 1. The summed E-state index contributed by atoms with van der Waals surface area (Å²) >= 11 is 6.04. The summed E-state index contributed by atoms with van der Waals surface area (Å²) < 4.78 is 6.74. The molecular weight excluding hydrogens is 502 g/mol. The Bertz CT molecular complexity index is 489. The lowest BCUT2D eigenvalue weighted by molar-refractivity contribution is -0.115. The zero-order valence-corrected chi connectivity index (χ0v) is 15.7. The fraction of sp³-hybridized carbons (Fsp3) is 0.538. The van der Waals surface area contributed by atoms with Crippen molar-refractivity contribution in [3.63, 3.8) is 0 Å². The van der Waals surface area contributed by atoms with E-state index in [-0.39, 0.29) is 23.1 Å². The van der Waals surface area contributed by atoms with Crippen molar-refractivity contribution in [2.75, 3.05) is 6.61 Å². The second-order valence-electron chi connectivity index (χ2n) is 4.64. The van der Waals surface area contributed by atoms with Gasteiger partial charge in [0.1, 0.15) is 6.61 Å². The molecule has 1 aliphatic carbocycles. The van der Waals surface area contributed by atoms with Gasteiger partial charge in [0.25, 0.3) is 5.91 Å². The first-order valence-corrected chi connectivity index (χ1v) is 9.44. The van der Waals surface area contributed by atoms with E-state index in [0.29, 0.717) is 19.4 Å². The van der Waals surface area contributed by atoms with E-state index in [4.69, 9.17) is 16.6 Å². The molecule has 4 atom stereocenters. The van der Waals surface area contributed by atoms with Gasteiger partial charge in [-0.15, -0.1) is 6.42 Å². The zero-order valence-electron chi connectivity index (χ0n) is 10.6. The molecule has 1 heterocycles. The summed E-state index contributed by atoms with van der Waals surface area (Å²) in [4.78, 5) is 12.3. The quantitative estimate of drug-likeness (QED) is 0.263. The van der Waals surface area contributed by atoms with E-state index in [0.717, 1.165) is 12.8 Å². The minimum atomic E-state index is -0.184. The van der Waals surface area contributed by atoms with Crippen LogP contribution in [-0.4, -0.2) is 31.6 Å². The van der Waals surface area contributed by atoms with Crippen LogP contribution in [0, 0.1) is 23.7 Å². The minimum Gasteiger partial charge on any atom is -0.364 e. The summed E-state index contributed by atoms with van der Waals surface area (Å²) in [6.07, 6.45) is 9.33. The average molecular weight is 516 g/mol. The molecule has 4 unspecified atom stereocenters. The third-order valence-corrected chi connectivity index (χ3v) is 6.26. The van der Waals surface area contributed by atoms with E-state index >= 15 is 0 Å². The lowest BCUT2D eigenvalue weighted by Gasteiger charge is -2.36. The van der Waals surface area contributed by atoms with Crippen molar-refractivity contribution in [1.82, 2.24) is 5.32 Å². The highest BCUT2D eigenvalue weighted by Crippen LogP contribution is 2.38. The average Bonchev–Trinajstić information content (AvgIpc) is 2.66. The van der Waals surface area contributed by atoms with Crippen LogP contribution >= 0.6 is 56.9 Å². The normalized spacial score (nSPS) is 36.0. The molecular formula is C13H14I2N2O2S. The van der Waals surface area contributed by atoms with Gasteiger partial charge >= 0.3 is 0 Å². The lowest BCUT2D eigenvalue weighted by Crippen LogP contribution is -2.39. The summed E-state index contributed by atoms with van der Waals surface area (Å²) in [5.41, 5.74) is 0. The van der Waals surface area contributed by atoms with Gasteiger partial charge in [-0.1, -0.05) is 57.2 Å². The number of rotatable bonds is 3. The maximum Gasteiger partial charge on any atom is 0.263 e. The van der Waals surface area contributed by atoms with Crippen LogP contribution in [0.3, 0.4) is 0 Å². The molecule has 2 fully saturated rings. The van der Waals surface area contributed by atoms with Crippen LogP contribution in [0.4, 0.5) is 0 Å². The fourth-order valence-corrected chi connectivity index (χ4v) is 6.57. The van der Waals surface area contributed by atoms with Crippen LogP contribution < -0.4 is 5.32 Å². The number of amidine groups is 1. The van der Waals surface area contributed by atoms with E-state index in [9.17, 15) is 4.79 Å². The molecule has 20 heavy (non-hydrogen) atoms. The van der Waals surface area contributed by atoms with Gasteiger partial charge in [0.15, 0.2) is 5.17 Å². The molecule has 1 amide bonds. The molecule has 0 aromatic heterocycles. The van der Waals surface area contributed by atoms with Crippen LogP contribution in [0.5, 0.6) is 0 Å². The van der Waals surface area contributed by atoms with E-state index in [1.807, 2.05) is 6.08 Å². The van der Waals surface area contributed by atoms with E-state index < -0.39 is 0 Å². The maximum absolute atomic E-state index is 11.7. The van der Waals surface area contributed by atoms with Crippen LogP contribution in [0.15, 0.2) is 11.0 Å². The maximum atomic E-state index is 11.7. The predicted octanol–water partition coefficient (Wildman–Crippen LogP) is 2.70. The minimum absolute atomic E-state index is 0.0355. The van der Waals surface area contributed by atoms with E-state index in [1.54, 1.807) is 0 Å². The molecule has 1 aliphatic heterocycles. The monoisotopic (exact) mass is 516 g/mol. The van der Waals surface area contributed by atoms with Crippen molar-refractivity contribution in [1.29, 1.82) is 5.41 Å². The third kappa shape index (κ3) is 4.11. The third-order valence-electron chi connectivity index (χ3n) is 3.17. The molecule has 0 radical (unpaired) electrons. The van der Waals surface area contributed by atoms with Crippen molar-refractivity contribution in [3.05, 3.63) is 11.0 Å². The molecule has 0 aromatic carbocycles. The van der Waals surface area contributed by atoms with Gasteiger partial charge < -0.3 is 10.1 Å². The van der Waals surface area contributed by atoms with Gasteiger partial charge in [0.2, 0.25) is 0 Å². The predicted molar refractivity (Wildman–Crippen MR) is 98.5 cm³/mol. The van der Waals surface area contributed by atoms with Gasteiger partial charge in [-0.25, -0.2) is 0 Å². The highest BCUT2D eigenvalue weighted by atomic mass is 127. The number of nitrogens with one attached hydrogen (secondary N) is 2. The van der Waals surface area contributed by atoms with Gasteiger partial charge in [-0.2, -0.15) is 0 Å². The summed E-state index contributed by atoms with van der Waals surface area (Å²) in [5.74, 6) is 2.49. The number of amides is 1. The van der Waals surface area contributed by atoms with Crippen LogP contribution in [0.25, 0.3) is 0 Å². The Morgan fingerprint density at radius 2 is 2.30 bits per heavy atom. The first-order chi connectivity index (χ1) is 9.51. The Labute approximate surface area is 150 Å². The number of carbonyl (C=O) groups excluding carboxylic acids is 1. The highest BCUT2D eigenvalue weighted by molar-refractivity contribution is 14.1. The molecule has 1 saturated carbocycles. The Balaban J connectivity index is 2.16. The smallest absolute Gasteiger partial charge is 0.263 e. The Morgan fingerprint density at radius 3 is 2.90 bits per heavy atom. The number of hydrogen-bond donors (Lipinski definition) is 2. The fourth-order valence-electron chi connectivity index (χ4n) is 2.36. The molecule has 108 valence electrons. The van der Waals surface area contributed by atoms with Gasteiger partial charge in [0, 0.05) is 13.8 Å². The molecule has 2 N–H and O–H groups in total. The van der Waals surface area contributed by atoms with Crippen molar-refractivity contribution in [2.24, 2.45) is 5.92 Å². The standard InChI is InChI=1S/C13H14I2N2O2S/c1-2-3-19-11-7(4-8(14)6-9(11)15)5-10-12(18)17-13(16)20-10/h1,5,7-9,11H,3-4,6H2,(H2,16,17,18)/b10-5-. The number of thioether (sulfide) groups is 1. The second-order valence-corrected chi connectivity index (χ2v) is 9.06. The van der Waals surface area contributed by atoms with Crippen molar-refractivity contribution < 1.29 is 9.53 Å². The lowest BCUT2D eigenvalue weighted by atomic mass is 9.86. The van der Waals surface area contributed by atoms with Crippen LogP contribution in [0.1, 0.15) is 12.8 Å². The SMILES string of the molecule is C#CCOC1C(I)CC(I)CC1/C=C1\SC(=N)NC1=O. The highest BCUT2D eigenvalue weighted by Gasteiger charge is 2.36. The zero-order chi connectivity index (χ0) is 14.7. The van der Waals surface area contributed by atoms with E-state index in [1.165, 1.54) is 11.8 Å². The van der Waals surface area contributed by atoms with Gasteiger partial charge in [-0.05, 0) is 24.6 Å². The van der Waals surface area contributed by atoms with E-state index in [2.05, 4.69) is 56.4 Å². The number of ether oxygens (including phenoxy) is 1. The van der Waals surface area contributed by atoms with Crippen LogP contribution in [-0.2, 0) is 9.53 Å². The Morgan fingerprint density at radius 1 is 1.55 bits per heavy atom. The van der Waals surface area contributed by atoms with Gasteiger partial charge in [-0.3, -0.25) is 10.2 Å². The number of alkyl halides is 2. The summed E-state index contributed by atoms with van der Waals surface area (Å²) in [6, 6.07) is 0. The summed E-state index contributed by atoms with van der Waals surface area (Å²) in [7, 11) is 0. The molecule has 7 heteroatoms. The molecule has 2 aliphatic rings. The second kappa shape index (κ2) is 7.47. The van der Waals surface area contributed by atoms with Gasteiger partial charge in [0.05, 0.1) is 11.0 Å². The number of hydrogen-bond acceptors (Lipinski definition) is 4. The summed E-state index contributed by atoms with van der Waals surface area (Å²) in [6.45, 7) is 0.297. The van der Waals surface area contributed by atoms with Crippen molar-refractivity contribution >= 4 is 68.0 Å². The van der Waals surface area contributed by atoms with Crippen LogP contribution in [0.2, 0.25) is 0 Å². The summed E-state index contributed by atoms with van der Waals surface area (Å²) in [5, 5.41) is 10.2. The topological polar surface area (TPSA) is 62.2 Å².